The molecule has 1 aliphatic rings. The average Bonchev–Trinajstić information content (AvgIpc) is 2.56. The van der Waals surface area contributed by atoms with Gasteiger partial charge in [0.1, 0.15) is 0 Å². The summed E-state index contributed by atoms with van der Waals surface area (Å²) in [6.45, 7) is 3.34. The summed E-state index contributed by atoms with van der Waals surface area (Å²) in [6.07, 6.45) is 2.61. The third-order valence-corrected chi connectivity index (χ3v) is 4.42. The van der Waals surface area contributed by atoms with E-state index in [2.05, 4.69) is 53.5 Å². The number of ether oxygens (including phenoxy) is 1. The summed E-state index contributed by atoms with van der Waals surface area (Å²) in [5.41, 5.74) is 3.53. The number of hydrogen-bond acceptors (Lipinski definition) is 3. The van der Waals surface area contributed by atoms with Gasteiger partial charge in [-0.05, 0) is 56.2 Å². The van der Waals surface area contributed by atoms with E-state index in [4.69, 9.17) is 4.74 Å². The molecule has 1 fully saturated rings. The molecule has 2 atom stereocenters. The van der Waals surface area contributed by atoms with Crippen LogP contribution in [0.4, 0.5) is 17.1 Å². The van der Waals surface area contributed by atoms with E-state index in [1.165, 1.54) is 5.69 Å². The molecule has 3 nitrogen and oxygen atoms in total. The second-order valence-corrected chi connectivity index (χ2v) is 5.96. The molecule has 0 saturated carbocycles. The summed E-state index contributed by atoms with van der Waals surface area (Å²) in [5, 5.41) is 3.42. The van der Waals surface area contributed by atoms with E-state index in [-0.39, 0.29) is 0 Å². The Morgan fingerprint density at radius 2 is 1.68 bits per heavy atom. The molecule has 22 heavy (non-hydrogen) atoms. The van der Waals surface area contributed by atoms with Crippen LogP contribution >= 0.6 is 0 Å². The van der Waals surface area contributed by atoms with Gasteiger partial charge in [0.2, 0.25) is 0 Å². The molecule has 0 spiro atoms. The third kappa shape index (κ3) is 3.42. The summed E-state index contributed by atoms with van der Waals surface area (Å²) >= 11 is 0. The predicted molar refractivity (Wildman–Crippen MR) is 93.0 cm³/mol. The molecule has 3 heteroatoms. The van der Waals surface area contributed by atoms with E-state index >= 15 is 0 Å². The van der Waals surface area contributed by atoms with Crippen LogP contribution in [-0.2, 0) is 4.74 Å². The number of piperidine rings is 1. The highest BCUT2D eigenvalue weighted by Gasteiger charge is 2.25. The number of nitrogens with one attached hydrogen (secondary N) is 1. The Hall–Kier alpha value is -2.00. The van der Waals surface area contributed by atoms with Crippen LogP contribution in [0.25, 0.3) is 0 Å². The maximum absolute atomic E-state index is 5.49. The highest BCUT2D eigenvalue weighted by Crippen LogP contribution is 2.27. The van der Waals surface area contributed by atoms with Gasteiger partial charge < -0.3 is 15.0 Å². The molecule has 1 N–H and O–H groups in total. The van der Waals surface area contributed by atoms with E-state index in [1.54, 1.807) is 0 Å². The maximum atomic E-state index is 5.49. The minimum atomic E-state index is 0.408. The molecular formula is C19H24N2O. The van der Waals surface area contributed by atoms with Gasteiger partial charge in [-0.1, -0.05) is 18.2 Å². The maximum Gasteiger partial charge on any atom is 0.0607 e. The highest BCUT2D eigenvalue weighted by molar-refractivity contribution is 5.63. The van der Waals surface area contributed by atoms with E-state index in [1.807, 2.05) is 25.3 Å². The molecule has 2 unspecified atom stereocenters. The Kier molecular flexibility index (Phi) is 4.64. The predicted octanol–water partition coefficient (Wildman–Crippen LogP) is 4.43. The van der Waals surface area contributed by atoms with Crippen LogP contribution in [0.5, 0.6) is 0 Å². The summed E-state index contributed by atoms with van der Waals surface area (Å²) in [4.78, 5) is 2.47. The van der Waals surface area contributed by atoms with Crippen molar-refractivity contribution in [1.82, 2.24) is 0 Å². The Bertz CT molecular complexity index is 582. The first kappa shape index (κ1) is 14.9. The van der Waals surface area contributed by atoms with Gasteiger partial charge in [-0.2, -0.15) is 0 Å². The van der Waals surface area contributed by atoms with E-state index in [0.717, 1.165) is 30.8 Å². The van der Waals surface area contributed by atoms with Crippen molar-refractivity contribution in [2.45, 2.75) is 31.9 Å². The minimum Gasteiger partial charge on any atom is -0.381 e. The second kappa shape index (κ2) is 6.84. The lowest BCUT2D eigenvalue weighted by molar-refractivity contribution is 0.0721. The molecule has 0 amide bonds. The lowest BCUT2D eigenvalue weighted by Crippen LogP contribution is -2.43. The average molecular weight is 296 g/mol. The van der Waals surface area contributed by atoms with Gasteiger partial charge in [0, 0.05) is 36.8 Å². The molecule has 1 heterocycles. The van der Waals surface area contributed by atoms with Crippen molar-refractivity contribution in [2.75, 3.05) is 23.9 Å². The van der Waals surface area contributed by atoms with Crippen molar-refractivity contribution >= 4 is 17.1 Å². The molecule has 1 aliphatic heterocycles. The van der Waals surface area contributed by atoms with Crippen molar-refractivity contribution in [3.63, 3.8) is 0 Å². The topological polar surface area (TPSA) is 24.5 Å². The zero-order valence-corrected chi connectivity index (χ0v) is 13.3. The summed E-state index contributed by atoms with van der Waals surface area (Å²) in [5.74, 6) is 0. The quantitative estimate of drug-likeness (QED) is 0.903. The van der Waals surface area contributed by atoms with Crippen LogP contribution in [-0.4, -0.2) is 25.8 Å². The normalized spacial score (nSPS) is 21.6. The standard InChI is InChI=1S/C19H24N2O/c1-15-14-19(22-2)12-13-21(15)18-10-8-17(9-11-18)20-16-6-4-3-5-7-16/h3-11,15,19-20H,12-14H2,1-2H3. The van der Waals surface area contributed by atoms with Crippen molar-refractivity contribution in [1.29, 1.82) is 0 Å². The lowest BCUT2D eigenvalue weighted by atomic mass is 10.00. The van der Waals surface area contributed by atoms with Gasteiger partial charge >= 0.3 is 0 Å². The largest absolute Gasteiger partial charge is 0.381 e. The first-order chi connectivity index (χ1) is 10.8. The van der Waals surface area contributed by atoms with Gasteiger partial charge in [-0.25, -0.2) is 0 Å². The molecule has 116 valence electrons. The van der Waals surface area contributed by atoms with Crippen LogP contribution < -0.4 is 10.2 Å². The Morgan fingerprint density at radius 3 is 2.32 bits per heavy atom. The summed E-state index contributed by atoms with van der Waals surface area (Å²) < 4.78 is 5.49. The molecule has 1 saturated heterocycles. The van der Waals surface area contributed by atoms with Gasteiger partial charge in [-0.15, -0.1) is 0 Å². The fraction of sp³-hybridized carbons (Fsp3) is 0.368. The number of anilines is 3. The Labute approximate surface area is 132 Å². The Morgan fingerprint density at radius 1 is 1.00 bits per heavy atom. The lowest BCUT2D eigenvalue weighted by Gasteiger charge is -2.38. The molecule has 0 radical (unpaired) electrons. The smallest absolute Gasteiger partial charge is 0.0607 e. The Balaban J connectivity index is 1.67. The minimum absolute atomic E-state index is 0.408. The third-order valence-electron chi connectivity index (χ3n) is 4.42. The second-order valence-electron chi connectivity index (χ2n) is 5.96. The zero-order valence-electron chi connectivity index (χ0n) is 13.3. The molecule has 2 aromatic rings. The van der Waals surface area contributed by atoms with Crippen molar-refractivity contribution < 1.29 is 4.74 Å². The number of hydrogen-bond donors (Lipinski definition) is 1. The summed E-state index contributed by atoms with van der Waals surface area (Å²) in [6, 6.07) is 19.5. The van der Waals surface area contributed by atoms with Crippen molar-refractivity contribution in [3.8, 4) is 0 Å². The van der Waals surface area contributed by atoms with Crippen molar-refractivity contribution in [2.24, 2.45) is 0 Å². The first-order valence-corrected chi connectivity index (χ1v) is 7.98. The van der Waals surface area contributed by atoms with E-state index in [0.29, 0.717) is 12.1 Å². The molecule has 3 rings (SSSR count). The van der Waals surface area contributed by atoms with Gasteiger partial charge in [0.25, 0.3) is 0 Å². The number of nitrogens with zero attached hydrogens (tertiary/aromatic N) is 1. The van der Waals surface area contributed by atoms with Crippen LogP contribution in [0, 0.1) is 0 Å². The fourth-order valence-corrected chi connectivity index (χ4v) is 3.15. The molecule has 0 bridgehead atoms. The summed E-state index contributed by atoms with van der Waals surface area (Å²) in [7, 11) is 1.82. The van der Waals surface area contributed by atoms with Crippen LogP contribution in [0.1, 0.15) is 19.8 Å². The number of methoxy groups -OCH3 is 1. The van der Waals surface area contributed by atoms with Crippen LogP contribution in [0.3, 0.4) is 0 Å². The van der Waals surface area contributed by atoms with Gasteiger partial charge in [0.15, 0.2) is 0 Å². The number of rotatable bonds is 4. The van der Waals surface area contributed by atoms with Crippen LogP contribution in [0.2, 0.25) is 0 Å². The number of benzene rings is 2. The van der Waals surface area contributed by atoms with Crippen LogP contribution in [0.15, 0.2) is 54.6 Å². The number of para-hydroxylation sites is 1. The monoisotopic (exact) mass is 296 g/mol. The molecule has 0 aromatic heterocycles. The van der Waals surface area contributed by atoms with Gasteiger partial charge in [-0.3, -0.25) is 0 Å². The van der Waals surface area contributed by atoms with Gasteiger partial charge in [0.05, 0.1) is 6.10 Å². The zero-order chi connectivity index (χ0) is 15.4. The first-order valence-electron chi connectivity index (χ1n) is 7.98. The van der Waals surface area contributed by atoms with E-state index in [9.17, 15) is 0 Å². The fourth-order valence-electron chi connectivity index (χ4n) is 3.15. The molecular weight excluding hydrogens is 272 g/mol. The van der Waals surface area contributed by atoms with Crippen molar-refractivity contribution in [3.05, 3.63) is 54.6 Å². The molecule has 0 aliphatic carbocycles. The SMILES string of the molecule is COC1CCN(c2ccc(Nc3ccccc3)cc2)C(C)C1. The van der Waals surface area contributed by atoms with E-state index < -0.39 is 0 Å². The highest BCUT2D eigenvalue weighted by atomic mass is 16.5. The molecule has 2 aromatic carbocycles.